The highest BCUT2D eigenvalue weighted by Crippen LogP contribution is 2.20. The van der Waals surface area contributed by atoms with Crippen LogP contribution in [-0.4, -0.2) is 17.6 Å². The highest BCUT2D eigenvalue weighted by Gasteiger charge is 2.14. The highest BCUT2D eigenvalue weighted by atomic mass is 19.1. The zero-order chi connectivity index (χ0) is 20.6. The normalized spacial score (nSPS) is 11.0. The number of hydrogen-bond donors (Lipinski definition) is 2. The molecule has 1 aromatic carbocycles. The Balaban J connectivity index is 1.97. The molecule has 0 saturated carbocycles. The second-order valence-corrected chi connectivity index (χ2v) is 7.64. The summed E-state index contributed by atoms with van der Waals surface area (Å²) in [4.78, 5) is 10.8. The zero-order valence-corrected chi connectivity index (χ0v) is 17.4. The molecule has 1 aromatic rings. The minimum absolute atomic E-state index is 0.0252. The molecule has 0 heterocycles. The first-order valence-corrected chi connectivity index (χ1v) is 11.0. The van der Waals surface area contributed by atoms with Crippen LogP contribution in [0.15, 0.2) is 12.1 Å². The number of unbranched alkanes of at least 4 members (excludes halogenated alkanes) is 13. The number of carboxylic acids is 1. The lowest BCUT2D eigenvalue weighted by Crippen LogP contribution is -2.07. The molecule has 0 unspecified atom stereocenters. The van der Waals surface area contributed by atoms with Gasteiger partial charge in [0.1, 0.15) is 11.6 Å². The third-order valence-corrected chi connectivity index (χ3v) is 5.13. The third-order valence-electron chi connectivity index (χ3n) is 5.13. The van der Waals surface area contributed by atoms with Gasteiger partial charge in [-0.2, -0.15) is 0 Å². The van der Waals surface area contributed by atoms with E-state index in [1.165, 1.54) is 70.6 Å². The Morgan fingerprint density at radius 3 is 1.71 bits per heavy atom. The predicted octanol–water partition coefficient (Wildman–Crippen LogP) is 7.56. The van der Waals surface area contributed by atoms with E-state index in [4.69, 9.17) is 5.11 Å². The van der Waals surface area contributed by atoms with Crippen molar-refractivity contribution in [2.75, 3.05) is 11.9 Å². The molecule has 0 aliphatic carbocycles. The van der Waals surface area contributed by atoms with Crippen LogP contribution in [0.1, 0.15) is 107 Å². The number of anilines is 1. The zero-order valence-electron chi connectivity index (χ0n) is 17.4. The summed E-state index contributed by atoms with van der Waals surface area (Å²) in [6.07, 6.45) is 17.9. The van der Waals surface area contributed by atoms with Gasteiger partial charge in [-0.25, -0.2) is 13.6 Å². The first-order chi connectivity index (χ1) is 13.6. The molecule has 0 saturated heterocycles. The SMILES string of the molecule is CCCCCCCCCCCCCCCCNc1cc(F)c(C(=O)O)cc1F. The summed E-state index contributed by atoms with van der Waals surface area (Å²) in [5, 5.41) is 11.6. The Labute approximate surface area is 168 Å². The average molecular weight is 398 g/mol. The number of benzene rings is 1. The second kappa shape index (κ2) is 15.3. The van der Waals surface area contributed by atoms with E-state index in [1.807, 2.05) is 0 Å². The van der Waals surface area contributed by atoms with Crippen LogP contribution in [0, 0.1) is 11.6 Å². The van der Waals surface area contributed by atoms with E-state index in [0.717, 1.165) is 31.4 Å². The van der Waals surface area contributed by atoms with E-state index in [2.05, 4.69) is 12.2 Å². The van der Waals surface area contributed by atoms with E-state index >= 15 is 0 Å². The summed E-state index contributed by atoms with van der Waals surface area (Å²) >= 11 is 0. The first kappa shape index (κ1) is 24.4. The summed E-state index contributed by atoms with van der Waals surface area (Å²) in [7, 11) is 0. The van der Waals surface area contributed by atoms with Crippen molar-refractivity contribution in [1.82, 2.24) is 0 Å². The van der Waals surface area contributed by atoms with Crippen LogP contribution in [0.3, 0.4) is 0 Å². The van der Waals surface area contributed by atoms with Crippen LogP contribution in [0.2, 0.25) is 0 Å². The van der Waals surface area contributed by atoms with E-state index in [9.17, 15) is 13.6 Å². The molecule has 0 bridgehead atoms. The maximum absolute atomic E-state index is 13.8. The van der Waals surface area contributed by atoms with Crippen molar-refractivity contribution in [3.8, 4) is 0 Å². The van der Waals surface area contributed by atoms with Crippen LogP contribution in [0.5, 0.6) is 0 Å². The Hall–Kier alpha value is -1.65. The molecule has 5 heteroatoms. The van der Waals surface area contributed by atoms with Gasteiger partial charge in [0.2, 0.25) is 0 Å². The molecule has 3 nitrogen and oxygen atoms in total. The number of rotatable bonds is 17. The van der Waals surface area contributed by atoms with Gasteiger partial charge in [-0.05, 0) is 12.5 Å². The fraction of sp³-hybridized carbons (Fsp3) is 0.696. The van der Waals surface area contributed by atoms with Gasteiger partial charge in [0.15, 0.2) is 0 Å². The van der Waals surface area contributed by atoms with Crippen LogP contribution in [-0.2, 0) is 0 Å². The Kier molecular flexibility index (Phi) is 13.3. The lowest BCUT2D eigenvalue weighted by atomic mass is 10.0. The number of halogens is 2. The summed E-state index contributed by atoms with van der Waals surface area (Å²) in [5.74, 6) is -3.11. The summed E-state index contributed by atoms with van der Waals surface area (Å²) in [6, 6.07) is 1.65. The van der Waals surface area contributed by atoms with Crippen LogP contribution >= 0.6 is 0 Å². The van der Waals surface area contributed by atoms with Gasteiger partial charge in [-0.3, -0.25) is 0 Å². The van der Waals surface area contributed by atoms with Gasteiger partial charge in [0, 0.05) is 12.6 Å². The molecule has 0 amide bonds. The molecule has 1 rings (SSSR count). The second-order valence-electron chi connectivity index (χ2n) is 7.64. The van der Waals surface area contributed by atoms with E-state index < -0.39 is 23.2 Å². The van der Waals surface area contributed by atoms with Crippen molar-refractivity contribution >= 4 is 11.7 Å². The van der Waals surface area contributed by atoms with Gasteiger partial charge in [0.05, 0.1) is 11.3 Å². The van der Waals surface area contributed by atoms with Crippen molar-refractivity contribution < 1.29 is 18.7 Å². The number of aromatic carboxylic acids is 1. The lowest BCUT2D eigenvalue weighted by Gasteiger charge is -2.09. The maximum Gasteiger partial charge on any atom is 0.338 e. The van der Waals surface area contributed by atoms with Gasteiger partial charge in [0.25, 0.3) is 0 Å². The third kappa shape index (κ3) is 10.6. The van der Waals surface area contributed by atoms with E-state index in [1.54, 1.807) is 0 Å². The largest absolute Gasteiger partial charge is 0.478 e. The van der Waals surface area contributed by atoms with Gasteiger partial charge in [-0.1, -0.05) is 90.4 Å². The summed E-state index contributed by atoms with van der Waals surface area (Å²) in [6.45, 7) is 2.81. The van der Waals surface area contributed by atoms with Crippen molar-refractivity contribution in [3.05, 3.63) is 29.3 Å². The highest BCUT2D eigenvalue weighted by molar-refractivity contribution is 5.88. The molecule has 0 aliphatic rings. The molecular weight excluding hydrogens is 360 g/mol. The topological polar surface area (TPSA) is 49.3 Å². The predicted molar refractivity (Wildman–Crippen MR) is 112 cm³/mol. The lowest BCUT2D eigenvalue weighted by molar-refractivity contribution is 0.0691. The number of carbonyl (C=O) groups is 1. The maximum atomic E-state index is 13.8. The fourth-order valence-electron chi connectivity index (χ4n) is 3.39. The minimum atomic E-state index is -1.46. The first-order valence-electron chi connectivity index (χ1n) is 11.0. The van der Waals surface area contributed by atoms with Crippen molar-refractivity contribution in [3.63, 3.8) is 0 Å². The minimum Gasteiger partial charge on any atom is -0.478 e. The van der Waals surface area contributed by atoms with E-state index in [0.29, 0.717) is 6.54 Å². The molecule has 160 valence electrons. The summed E-state index contributed by atoms with van der Waals surface area (Å²) < 4.78 is 27.4. The fourth-order valence-corrected chi connectivity index (χ4v) is 3.39. The molecule has 28 heavy (non-hydrogen) atoms. The number of carboxylic acid groups (broad SMARTS) is 1. The van der Waals surface area contributed by atoms with Crippen LogP contribution in [0.4, 0.5) is 14.5 Å². The van der Waals surface area contributed by atoms with Gasteiger partial charge >= 0.3 is 5.97 Å². The Morgan fingerprint density at radius 2 is 1.25 bits per heavy atom. The molecule has 0 fully saturated rings. The summed E-state index contributed by atoms with van der Waals surface area (Å²) in [5.41, 5.74) is -0.614. The smallest absolute Gasteiger partial charge is 0.338 e. The molecule has 2 N–H and O–H groups in total. The van der Waals surface area contributed by atoms with Crippen molar-refractivity contribution in [2.45, 2.75) is 96.8 Å². The standard InChI is InChI=1S/C23H37F2NO2/c1-2-3-4-5-6-7-8-9-10-11-12-13-14-15-16-26-22-18-20(24)19(23(27)28)17-21(22)25/h17-18,26H,2-16H2,1H3,(H,27,28). The van der Waals surface area contributed by atoms with Crippen LogP contribution < -0.4 is 5.32 Å². The molecule has 0 aromatic heterocycles. The van der Waals surface area contributed by atoms with Crippen molar-refractivity contribution in [2.24, 2.45) is 0 Å². The number of nitrogens with one attached hydrogen (secondary N) is 1. The number of hydrogen-bond acceptors (Lipinski definition) is 2. The average Bonchev–Trinajstić information content (AvgIpc) is 2.66. The quantitative estimate of drug-likeness (QED) is 0.267. The van der Waals surface area contributed by atoms with E-state index in [-0.39, 0.29) is 5.69 Å². The van der Waals surface area contributed by atoms with Gasteiger partial charge < -0.3 is 10.4 Å². The molecule has 0 radical (unpaired) electrons. The monoisotopic (exact) mass is 397 g/mol. The Morgan fingerprint density at radius 1 is 0.786 bits per heavy atom. The molecule has 0 spiro atoms. The van der Waals surface area contributed by atoms with Gasteiger partial charge in [-0.15, -0.1) is 0 Å². The molecule has 0 aliphatic heterocycles. The Bertz CT molecular complexity index is 564. The van der Waals surface area contributed by atoms with Crippen molar-refractivity contribution in [1.29, 1.82) is 0 Å². The molecular formula is C23H37F2NO2. The van der Waals surface area contributed by atoms with Crippen LogP contribution in [0.25, 0.3) is 0 Å². The molecule has 0 atom stereocenters.